The molecule has 3 rings (SSSR count). The number of hydrogen-bond donors (Lipinski definition) is 2. The van der Waals surface area contributed by atoms with E-state index in [9.17, 15) is 9.59 Å². The molecular weight excluding hydrogens is 280 g/mol. The number of benzene rings is 1. The van der Waals surface area contributed by atoms with Crippen molar-refractivity contribution >= 4 is 22.8 Å². The number of para-hydroxylation sites is 1. The first kappa shape index (κ1) is 14.6. The van der Waals surface area contributed by atoms with Gasteiger partial charge in [-0.3, -0.25) is 9.59 Å². The summed E-state index contributed by atoms with van der Waals surface area (Å²) in [6.07, 6.45) is 1.98. The lowest BCUT2D eigenvalue weighted by Gasteiger charge is -2.12. The van der Waals surface area contributed by atoms with Gasteiger partial charge in [0.05, 0.1) is 13.0 Å². The summed E-state index contributed by atoms with van der Waals surface area (Å²) in [7, 11) is 0. The van der Waals surface area contributed by atoms with Crippen molar-refractivity contribution in [3.63, 3.8) is 0 Å². The van der Waals surface area contributed by atoms with E-state index < -0.39 is 0 Å². The van der Waals surface area contributed by atoms with Crippen molar-refractivity contribution in [1.82, 2.24) is 10.3 Å². The zero-order valence-corrected chi connectivity index (χ0v) is 12.6. The van der Waals surface area contributed by atoms with Gasteiger partial charge in [-0.25, -0.2) is 0 Å². The molecule has 0 bridgehead atoms. The van der Waals surface area contributed by atoms with Crippen LogP contribution in [0.3, 0.4) is 0 Å². The van der Waals surface area contributed by atoms with Crippen LogP contribution in [0.25, 0.3) is 10.9 Å². The number of carbonyl (C=O) groups is 2. The van der Waals surface area contributed by atoms with Gasteiger partial charge < -0.3 is 15.0 Å². The number of H-pyrrole nitrogens is 1. The van der Waals surface area contributed by atoms with Crippen molar-refractivity contribution in [2.75, 3.05) is 6.61 Å². The fraction of sp³-hybridized carbons (Fsp3) is 0.412. The van der Waals surface area contributed by atoms with Crippen LogP contribution in [-0.4, -0.2) is 29.5 Å². The Bertz CT molecular complexity index is 705. The van der Waals surface area contributed by atoms with E-state index in [0.717, 1.165) is 18.4 Å². The Morgan fingerprint density at radius 1 is 1.27 bits per heavy atom. The van der Waals surface area contributed by atoms with E-state index in [2.05, 4.69) is 22.4 Å². The van der Waals surface area contributed by atoms with Crippen LogP contribution in [0.5, 0.6) is 0 Å². The molecule has 1 amide bonds. The third-order valence-electron chi connectivity index (χ3n) is 4.03. The van der Waals surface area contributed by atoms with Crippen LogP contribution < -0.4 is 5.32 Å². The number of fused-ring (bicyclic) bond motifs is 3. The molecule has 22 heavy (non-hydrogen) atoms. The van der Waals surface area contributed by atoms with Crippen LogP contribution in [-0.2, 0) is 27.2 Å². The summed E-state index contributed by atoms with van der Waals surface area (Å²) >= 11 is 0. The van der Waals surface area contributed by atoms with Gasteiger partial charge in [0, 0.05) is 35.5 Å². The molecule has 1 aliphatic carbocycles. The summed E-state index contributed by atoms with van der Waals surface area (Å²) in [4.78, 5) is 26.6. The number of carbonyl (C=O) groups excluding carboxylic acids is 2. The molecule has 0 spiro atoms. The molecule has 1 aromatic carbocycles. The molecule has 0 aliphatic heterocycles. The van der Waals surface area contributed by atoms with Gasteiger partial charge in [-0.2, -0.15) is 0 Å². The monoisotopic (exact) mass is 300 g/mol. The van der Waals surface area contributed by atoms with Crippen LogP contribution in [0.1, 0.15) is 31.0 Å². The van der Waals surface area contributed by atoms with Gasteiger partial charge in [0.2, 0.25) is 5.91 Å². The summed E-state index contributed by atoms with van der Waals surface area (Å²) in [5.74, 6) is -0.409. The minimum atomic E-state index is -0.319. The van der Waals surface area contributed by atoms with E-state index >= 15 is 0 Å². The zero-order valence-electron chi connectivity index (χ0n) is 12.6. The molecule has 2 aromatic rings. The highest BCUT2D eigenvalue weighted by Crippen LogP contribution is 2.29. The minimum Gasteiger partial charge on any atom is -0.466 e. The number of esters is 1. The molecule has 0 saturated heterocycles. The molecule has 5 heteroatoms. The Kier molecular flexibility index (Phi) is 4.13. The second-order valence-corrected chi connectivity index (χ2v) is 5.61. The van der Waals surface area contributed by atoms with Crippen molar-refractivity contribution in [3.05, 3.63) is 35.5 Å². The number of aromatic nitrogens is 1. The van der Waals surface area contributed by atoms with E-state index in [-0.39, 0.29) is 30.8 Å². The average Bonchev–Trinajstić information content (AvgIpc) is 3.02. The lowest BCUT2D eigenvalue weighted by Crippen LogP contribution is -2.35. The Morgan fingerprint density at radius 3 is 2.91 bits per heavy atom. The summed E-state index contributed by atoms with van der Waals surface area (Å²) in [5.41, 5.74) is 3.66. The molecule has 2 N–H and O–H groups in total. The number of amides is 1. The number of hydrogen-bond acceptors (Lipinski definition) is 3. The SMILES string of the molecule is CCOC(=O)CCC(=O)NC1Cc2[nH]c3ccccc3c2C1. The first-order chi connectivity index (χ1) is 10.7. The van der Waals surface area contributed by atoms with Gasteiger partial charge >= 0.3 is 5.97 Å². The third kappa shape index (κ3) is 2.98. The molecular formula is C17H20N2O3. The van der Waals surface area contributed by atoms with Crippen molar-refractivity contribution < 1.29 is 14.3 Å². The van der Waals surface area contributed by atoms with Crippen LogP contribution in [0, 0.1) is 0 Å². The fourth-order valence-electron chi connectivity index (χ4n) is 3.08. The first-order valence-electron chi connectivity index (χ1n) is 7.70. The van der Waals surface area contributed by atoms with Crippen LogP contribution in [0.4, 0.5) is 0 Å². The predicted molar refractivity (Wildman–Crippen MR) is 83.5 cm³/mol. The van der Waals surface area contributed by atoms with Crippen molar-refractivity contribution in [2.24, 2.45) is 0 Å². The van der Waals surface area contributed by atoms with Gasteiger partial charge in [0.15, 0.2) is 0 Å². The zero-order chi connectivity index (χ0) is 15.5. The second kappa shape index (κ2) is 6.22. The normalized spacial score (nSPS) is 16.5. The smallest absolute Gasteiger partial charge is 0.306 e. The highest BCUT2D eigenvalue weighted by molar-refractivity contribution is 5.86. The average molecular weight is 300 g/mol. The number of rotatable bonds is 5. The third-order valence-corrected chi connectivity index (χ3v) is 4.03. The maximum atomic E-state index is 11.9. The fourth-order valence-corrected chi connectivity index (χ4v) is 3.08. The van der Waals surface area contributed by atoms with Gasteiger partial charge in [-0.1, -0.05) is 18.2 Å². The molecule has 116 valence electrons. The lowest BCUT2D eigenvalue weighted by atomic mass is 10.1. The summed E-state index contributed by atoms with van der Waals surface area (Å²) in [6, 6.07) is 8.33. The van der Waals surface area contributed by atoms with Crippen LogP contribution in [0.15, 0.2) is 24.3 Å². The second-order valence-electron chi connectivity index (χ2n) is 5.61. The molecule has 1 atom stereocenters. The first-order valence-corrected chi connectivity index (χ1v) is 7.70. The Labute approximate surface area is 129 Å². The maximum Gasteiger partial charge on any atom is 0.306 e. The highest BCUT2D eigenvalue weighted by Gasteiger charge is 2.26. The highest BCUT2D eigenvalue weighted by atomic mass is 16.5. The van der Waals surface area contributed by atoms with Crippen molar-refractivity contribution in [3.8, 4) is 0 Å². The van der Waals surface area contributed by atoms with E-state index in [0.29, 0.717) is 6.61 Å². The van der Waals surface area contributed by atoms with Gasteiger partial charge in [-0.05, 0) is 25.0 Å². The molecule has 1 aliphatic rings. The standard InChI is InChI=1S/C17H20N2O3/c1-2-22-17(21)8-7-16(20)18-11-9-13-12-5-3-4-6-14(12)19-15(13)10-11/h3-6,11,19H,2,7-10H2,1H3,(H,18,20). The summed E-state index contributed by atoms with van der Waals surface area (Å²) < 4.78 is 4.82. The number of nitrogens with one attached hydrogen (secondary N) is 2. The largest absolute Gasteiger partial charge is 0.466 e. The van der Waals surface area contributed by atoms with Gasteiger partial charge in [0.1, 0.15) is 0 Å². The molecule has 1 heterocycles. The molecule has 1 aromatic heterocycles. The quantitative estimate of drug-likeness (QED) is 0.831. The van der Waals surface area contributed by atoms with E-state index in [1.807, 2.05) is 12.1 Å². The Morgan fingerprint density at radius 2 is 2.09 bits per heavy atom. The van der Waals surface area contributed by atoms with E-state index in [1.54, 1.807) is 6.92 Å². The molecule has 1 unspecified atom stereocenters. The van der Waals surface area contributed by atoms with Gasteiger partial charge in [0.25, 0.3) is 0 Å². The number of aromatic amines is 1. The van der Waals surface area contributed by atoms with Crippen LogP contribution >= 0.6 is 0 Å². The molecule has 0 fully saturated rings. The Balaban J connectivity index is 1.55. The maximum absolute atomic E-state index is 11.9. The molecule has 0 radical (unpaired) electrons. The van der Waals surface area contributed by atoms with Crippen molar-refractivity contribution in [1.29, 1.82) is 0 Å². The van der Waals surface area contributed by atoms with Crippen LogP contribution in [0.2, 0.25) is 0 Å². The minimum absolute atomic E-state index is 0.0903. The van der Waals surface area contributed by atoms with E-state index in [1.165, 1.54) is 16.6 Å². The topological polar surface area (TPSA) is 71.2 Å². The molecule has 5 nitrogen and oxygen atoms in total. The lowest BCUT2D eigenvalue weighted by molar-refractivity contribution is -0.144. The number of ether oxygens (including phenoxy) is 1. The summed E-state index contributed by atoms with van der Waals surface area (Å²) in [6.45, 7) is 2.11. The predicted octanol–water partition coefficient (Wildman–Crippen LogP) is 2.09. The summed E-state index contributed by atoms with van der Waals surface area (Å²) in [5, 5.41) is 4.24. The Hall–Kier alpha value is -2.30. The molecule has 0 saturated carbocycles. The van der Waals surface area contributed by atoms with Crippen molar-refractivity contribution in [2.45, 2.75) is 38.6 Å². The van der Waals surface area contributed by atoms with Gasteiger partial charge in [-0.15, -0.1) is 0 Å². The van der Waals surface area contributed by atoms with E-state index in [4.69, 9.17) is 4.74 Å².